The van der Waals surface area contributed by atoms with Crippen LogP contribution in [0.15, 0.2) is 12.2 Å². The molecule has 0 aromatic rings. The maximum absolute atomic E-state index is 10.4. The highest BCUT2D eigenvalue weighted by molar-refractivity contribution is 5.85. The van der Waals surface area contributed by atoms with Crippen LogP contribution in [0, 0.1) is 0 Å². The van der Waals surface area contributed by atoms with Crippen molar-refractivity contribution in [3.05, 3.63) is 12.2 Å². The van der Waals surface area contributed by atoms with E-state index in [9.17, 15) is 4.79 Å². The van der Waals surface area contributed by atoms with Crippen LogP contribution in [-0.4, -0.2) is 23.8 Å². The maximum Gasteiger partial charge on any atom is 0.330 e. The predicted octanol–water partition coefficient (Wildman–Crippen LogP) is 1.98. The van der Waals surface area contributed by atoms with Gasteiger partial charge in [-0.05, 0) is 32.1 Å². The van der Waals surface area contributed by atoms with E-state index in [1.54, 1.807) is 0 Å². The molecule has 74 valence electrons. The first-order valence-electron chi connectivity index (χ1n) is 4.73. The molecule has 1 aliphatic heterocycles. The van der Waals surface area contributed by atoms with Crippen molar-refractivity contribution in [3.8, 4) is 0 Å². The van der Waals surface area contributed by atoms with E-state index in [-0.39, 0.29) is 11.7 Å². The van der Waals surface area contributed by atoms with E-state index < -0.39 is 5.97 Å². The van der Waals surface area contributed by atoms with E-state index in [0.29, 0.717) is 6.42 Å². The van der Waals surface area contributed by atoms with Gasteiger partial charge in [-0.15, -0.1) is 0 Å². The van der Waals surface area contributed by atoms with Crippen LogP contribution < -0.4 is 0 Å². The van der Waals surface area contributed by atoms with Crippen molar-refractivity contribution in [1.29, 1.82) is 0 Å². The Morgan fingerprint density at radius 3 is 2.85 bits per heavy atom. The number of carboxylic acid groups (broad SMARTS) is 1. The first-order chi connectivity index (χ1) is 6.20. The molecule has 0 aromatic carbocycles. The molecule has 0 radical (unpaired) electrons. The first-order valence-corrected chi connectivity index (χ1v) is 4.73. The maximum atomic E-state index is 10.4. The van der Waals surface area contributed by atoms with Crippen LogP contribution in [0.25, 0.3) is 0 Å². The van der Waals surface area contributed by atoms with Crippen LogP contribution in [0.1, 0.15) is 32.1 Å². The third kappa shape index (κ3) is 3.59. The minimum absolute atomic E-state index is 0.254. The molecule has 0 aromatic heterocycles. The molecule has 1 atom stereocenters. The zero-order valence-corrected chi connectivity index (χ0v) is 7.79. The van der Waals surface area contributed by atoms with Crippen LogP contribution in [0.5, 0.6) is 0 Å². The fourth-order valence-electron chi connectivity index (χ4n) is 1.48. The van der Waals surface area contributed by atoms with Crippen LogP contribution in [0.2, 0.25) is 0 Å². The van der Waals surface area contributed by atoms with Crippen LogP contribution in [0.3, 0.4) is 0 Å². The second kappa shape index (κ2) is 5.02. The summed E-state index contributed by atoms with van der Waals surface area (Å²) in [4.78, 5) is 10.4. The molecule has 0 saturated carbocycles. The second-order valence-corrected chi connectivity index (χ2v) is 3.44. The molecule has 3 nitrogen and oxygen atoms in total. The molecular formula is C10H16O3. The molecular weight excluding hydrogens is 168 g/mol. The van der Waals surface area contributed by atoms with Crippen molar-refractivity contribution in [2.45, 2.75) is 38.2 Å². The topological polar surface area (TPSA) is 46.5 Å². The second-order valence-electron chi connectivity index (χ2n) is 3.44. The van der Waals surface area contributed by atoms with Gasteiger partial charge in [0.2, 0.25) is 0 Å². The van der Waals surface area contributed by atoms with Gasteiger partial charge < -0.3 is 9.84 Å². The Hall–Kier alpha value is -0.830. The first kappa shape index (κ1) is 10.3. The number of ether oxygens (including phenoxy) is 1. The quantitative estimate of drug-likeness (QED) is 0.679. The molecule has 1 saturated heterocycles. The lowest BCUT2D eigenvalue weighted by atomic mass is 10.0. The van der Waals surface area contributed by atoms with Gasteiger partial charge in [0.1, 0.15) is 0 Å². The van der Waals surface area contributed by atoms with Gasteiger partial charge in [-0.1, -0.05) is 6.58 Å². The number of hydrogen-bond acceptors (Lipinski definition) is 2. The molecule has 0 aliphatic carbocycles. The Balaban J connectivity index is 2.17. The third-order valence-electron chi connectivity index (χ3n) is 2.34. The smallest absolute Gasteiger partial charge is 0.330 e. The van der Waals surface area contributed by atoms with Crippen molar-refractivity contribution >= 4 is 5.97 Å². The normalized spacial score (nSPS) is 22.6. The highest BCUT2D eigenvalue weighted by Gasteiger charge is 2.15. The third-order valence-corrected chi connectivity index (χ3v) is 2.34. The Bertz CT molecular complexity index is 192. The summed E-state index contributed by atoms with van der Waals surface area (Å²) >= 11 is 0. The molecule has 1 N–H and O–H groups in total. The Morgan fingerprint density at radius 2 is 2.31 bits per heavy atom. The predicted molar refractivity (Wildman–Crippen MR) is 49.6 cm³/mol. The number of aliphatic carboxylic acids is 1. The average Bonchev–Trinajstić information content (AvgIpc) is 2.15. The van der Waals surface area contributed by atoms with Gasteiger partial charge in [0.25, 0.3) is 0 Å². The Morgan fingerprint density at radius 1 is 1.54 bits per heavy atom. The number of carboxylic acids is 1. The summed E-state index contributed by atoms with van der Waals surface area (Å²) in [5, 5.41) is 8.57. The standard InChI is InChI=1S/C10H16O3/c1-8(10(11)12)5-6-9-4-2-3-7-13-9/h9H,1-7H2,(H,11,12). The van der Waals surface area contributed by atoms with E-state index >= 15 is 0 Å². The lowest BCUT2D eigenvalue weighted by Crippen LogP contribution is -2.19. The van der Waals surface area contributed by atoms with Gasteiger partial charge >= 0.3 is 5.97 Å². The molecule has 1 rings (SSSR count). The summed E-state index contributed by atoms with van der Waals surface area (Å²) in [6, 6.07) is 0. The molecule has 1 heterocycles. The summed E-state index contributed by atoms with van der Waals surface area (Å²) in [5.41, 5.74) is 0.286. The number of carbonyl (C=O) groups is 1. The van der Waals surface area contributed by atoms with E-state index in [2.05, 4.69) is 6.58 Å². The number of hydrogen-bond donors (Lipinski definition) is 1. The average molecular weight is 184 g/mol. The lowest BCUT2D eigenvalue weighted by Gasteiger charge is -2.22. The molecule has 0 spiro atoms. The molecule has 1 aliphatic rings. The minimum Gasteiger partial charge on any atom is -0.478 e. The van der Waals surface area contributed by atoms with Gasteiger partial charge in [-0.3, -0.25) is 0 Å². The van der Waals surface area contributed by atoms with Crippen molar-refractivity contribution in [2.24, 2.45) is 0 Å². The molecule has 0 amide bonds. The van der Waals surface area contributed by atoms with Crippen LogP contribution in [0.4, 0.5) is 0 Å². The largest absolute Gasteiger partial charge is 0.478 e. The summed E-state index contributed by atoms with van der Waals surface area (Å²) in [5.74, 6) is -0.893. The van der Waals surface area contributed by atoms with Crippen molar-refractivity contribution < 1.29 is 14.6 Å². The minimum atomic E-state index is -0.893. The van der Waals surface area contributed by atoms with Gasteiger partial charge in [0.15, 0.2) is 0 Å². The van der Waals surface area contributed by atoms with Gasteiger partial charge in [0.05, 0.1) is 6.10 Å². The fourth-order valence-corrected chi connectivity index (χ4v) is 1.48. The van der Waals surface area contributed by atoms with Crippen LogP contribution >= 0.6 is 0 Å². The van der Waals surface area contributed by atoms with E-state index in [0.717, 1.165) is 25.9 Å². The zero-order chi connectivity index (χ0) is 9.68. The van der Waals surface area contributed by atoms with Gasteiger partial charge in [0, 0.05) is 12.2 Å². The highest BCUT2D eigenvalue weighted by Crippen LogP contribution is 2.18. The zero-order valence-electron chi connectivity index (χ0n) is 7.79. The van der Waals surface area contributed by atoms with Crippen molar-refractivity contribution in [2.75, 3.05) is 6.61 Å². The summed E-state index contributed by atoms with van der Waals surface area (Å²) in [6.45, 7) is 4.31. The molecule has 3 heteroatoms. The summed E-state index contributed by atoms with van der Waals surface area (Å²) < 4.78 is 5.47. The Labute approximate surface area is 78.4 Å². The molecule has 0 bridgehead atoms. The highest BCUT2D eigenvalue weighted by atomic mass is 16.5. The summed E-state index contributed by atoms with van der Waals surface area (Å²) in [6.07, 6.45) is 4.99. The van der Waals surface area contributed by atoms with Crippen molar-refractivity contribution in [3.63, 3.8) is 0 Å². The van der Waals surface area contributed by atoms with Gasteiger partial charge in [-0.2, -0.15) is 0 Å². The van der Waals surface area contributed by atoms with Crippen molar-refractivity contribution in [1.82, 2.24) is 0 Å². The molecule has 13 heavy (non-hydrogen) atoms. The number of rotatable bonds is 4. The molecule has 1 unspecified atom stereocenters. The molecule has 1 fully saturated rings. The lowest BCUT2D eigenvalue weighted by molar-refractivity contribution is -0.132. The monoisotopic (exact) mass is 184 g/mol. The van der Waals surface area contributed by atoms with E-state index in [4.69, 9.17) is 9.84 Å². The van der Waals surface area contributed by atoms with E-state index in [1.165, 1.54) is 6.42 Å². The van der Waals surface area contributed by atoms with Gasteiger partial charge in [-0.25, -0.2) is 4.79 Å². The van der Waals surface area contributed by atoms with E-state index in [1.807, 2.05) is 0 Å². The van der Waals surface area contributed by atoms with Crippen LogP contribution in [-0.2, 0) is 9.53 Å². The SMILES string of the molecule is C=C(CCC1CCCCO1)C(=O)O. The Kier molecular flexibility index (Phi) is 3.96. The summed E-state index contributed by atoms with van der Waals surface area (Å²) in [7, 11) is 0. The fraction of sp³-hybridized carbons (Fsp3) is 0.700.